The highest BCUT2D eigenvalue weighted by Gasteiger charge is 2.37. The van der Waals surface area contributed by atoms with Crippen LogP contribution in [0.5, 0.6) is 5.75 Å². The third-order valence-corrected chi connectivity index (χ3v) is 5.12. The lowest BCUT2D eigenvalue weighted by molar-refractivity contribution is -0.137. The molecule has 0 spiro atoms. The summed E-state index contributed by atoms with van der Waals surface area (Å²) in [6.07, 6.45) is 6.31. The summed E-state index contributed by atoms with van der Waals surface area (Å²) in [5.41, 5.74) is 1.16. The Morgan fingerprint density at radius 2 is 1.70 bits per heavy atom. The van der Waals surface area contributed by atoms with Crippen molar-refractivity contribution in [1.82, 2.24) is 4.90 Å². The fraction of sp³-hybridized carbons (Fsp3) is 0.550. The number of carbonyl (C=O) groups excluding carboxylic acids is 1. The van der Waals surface area contributed by atoms with Crippen molar-refractivity contribution >= 4 is 5.91 Å². The highest BCUT2D eigenvalue weighted by atomic mass is 16.5. The summed E-state index contributed by atoms with van der Waals surface area (Å²) in [6.45, 7) is 7.93. The number of fused-ring (bicyclic) bond motifs is 1. The van der Waals surface area contributed by atoms with Gasteiger partial charge in [0.2, 0.25) is 0 Å². The predicted molar refractivity (Wildman–Crippen MR) is 92.6 cm³/mol. The van der Waals surface area contributed by atoms with Gasteiger partial charge in [-0.1, -0.05) is 44.2 Å². The molecule has 0 radical (unpaired) electrons. The van der Waals surface area contributed by atoms with E-state index in [-0.39, 0.29) is 5.91 Å². The number of hydrogen-bond acceptors (Lipinski definition) is 2. The lowest BCUT2D eigenvalue weighted by Crippen LogP contribution is -2.39. The second kappa shape index (κ2) is 6.77. The van der Waals surface area contributed by atoms with Gasteiger partial charge >= 0.3 is 0 Å². The van der Waals surface area contributed by atoms with Crippen molar-refractivity contribution in [2.24, 2.45) is 11.8 Å². The second-order valence-electron chi connectivity index (χ2n) is 7.16. The van der Waals surface area contributed by atoms with Crippen LogP contribution in [0.3, 0.4) is 0 Å². The first-order valence-corrected chi connectivity index (χ1v) is 8.75. The van der Waals surface area contributed by atoms with Crippen molar-refractivity contribution in [3.05, 3.63) is 42.0 Å². The molecule has 1 saturated heterocycles. The van der Waals surface area contributed by atoms with Crippen molar-refractivity contribution in [1.29, 1.82) is 0 Å². The Hall–Kier alpha value is -1.77. The average molecular weight is 313 g/mol. The molecule has 0 N–H and O–H groups in total. The molecule has 1 aromatic rings. The van der Waals surface area contributed by atoms with Crippen molar-refractivity contribution in [3.8, 4) is 5.75 Å². The molecule has 1 aliphatic carbocycles. The number of allylic oxidation sites excluding steroid dienone is 2. The number of benzene rings is 1. The standard InChI is InChI=1S/C20H27NO2/c1-14(2)18-10-6-7-11-19(18)23-15(3)20(22)21-12-16-8-4-5-9-17(16)13-21/h4-7,10-11,14-17H,8-9,12-13H2,1-3H3. The zero-order chi connectivity index (χ0) is 16.4. The van der Waals surface area contributed by atoms with Crippen molar-refractivity contribution < 1.29 is 9.53 Å². The molecule has 1 fully saturated rings. The van der Waals surface area contributed by atoms with E-state index in [0.29, 0.717) is 17.8 Å². The zero-order valence-corrected chi connectivity index (χ0v) is 14.4. The summed E-state index contributed by atoms with van der Waals surface area (Å²) in [5, 5.41) is 0. The predicted octanol–water partition coefficient (Wildman–Crippen LogP) is 4.00. The molecule has 3 atom stereocenters. The van der Waals surface area contributed by atoms with Gasteiger partial charge in [-0.2, -0.15) is 0 Å². The number of rotatable bonds is 4. The lowest BCUT2D eigenvalue weighted by atomic mass is 9.86. The van der Waals surface area contributed by atoms with Crippen LogP contribution >= 0.6 is 0 Å². The summed E-state index contributed by atoms with van der Waals surface area (Å²) < 4.78 is 6.03. The monoisotopic (exact) mass is 313 g/mol. The van der Waals surface area contributed by atoms with E-state index in [1.807, 2.05) is 30.0 Å². The highest BCUT2D eigenvalue weighted by Crippen LogP contribution is 2.33. The van der Waals surface area contributed by atoms with Crippen molar-refractivity contribution in [2.45, 2.75) is 45.6 Å². The van der Waals surface area contributed by atoms with E-state index in [9.17, 15) is 4.79 Å². The minimum absolute atomic E-state index is 0.123. The molecule has 124 valence electrons. The first kappa shape index (κ1) is 16.1. The molecule has 1 heterocycles. The normalized spacial score (nSPS) is 24.6. The van der Waals surface area contributed by atoms with E-state index >= 15 is 0 Å². The largest absolute Gasteiger partial charge is 0.481 e. The Balaban J connectivity index is 1.65. The number of ether oxygens (including phenoxy) is 1. The Bertz CT molecular complexity index is 577. The van der Waals surface area contributed by atoms with Gasteiger partial charge in [0.1, 0.15) is 5.75 Å². The summed E-state index contributed by atoms with van der Waals surface area (Å²) in [6, 6.07) is 8.03. The molecule has 1 aliphatic heterocycles. The maximum absolute atomic E-state index is 12.8. The van der Waals surface area contributed by atoms with Gasteiger partial charge in [-0.05, 0) is 49.1 Å². The van der Waals surface area contributed by atoms with Crippen LogP contribution in [0.2, 0.25) is 0 Å². The van der Waals surface area contributed by atoms with Crippen LogP contribution < -0.4 is 4.74 Å². The molecular weight excluding hydrogens is 286 g/mol. The molecule has 1 aromatic carbocycles. The van der Waals surface area contributed by atoms with E-state index in [2.05, 4.69) is 32.1 Å². The van der Waals surface area contributed by atoms with E-state index < -0.39 is 6.10 Å². The Morgan fingerprint density at radius 3 is 2.30 bits per heavy atom. The number of carbonyl (C=O) groups is 1. The lowest BCUT2D eigenvalue weighted by Gasteiger charge is -2.23. The summed E-state index contributed by atoms with van der Waals surface area (Å²) in [7, 11) is 0. The molecular formula is C20H27NO2. The number of likely N-dealkylation sites (tertiary alicyclic amines) is 1. The first-order valence-electron chi connectivity index (χ1n) is 8.75. The molecule has 1 amide bonds. The SMILES string of the molecule is CC(Oc1ccccc1C(C)C)C(=O)N1CC2CC=CCC2C1. The van der Waals surface area contributed by atoms with Gasteiger partial charge in [0.15, 0.2) is 6.10 Å². The quantitative estimate of drug-likeness (QED) is 0.786. The van der Waals surface area contributed by atoms with Crippen LogP contribution in [0, 0.1) is 11.8 Å². The zero-order valence-electron chi connectivity index (χ0n) is 14.4. The maximum Gasteiger partial charge on any atom is 0.263 e. The average Bonchev–Trinajstić information content (AvgIpc) is 2.98. The van der Waals surface area contributed by atoms with E-state index in [0.717, 1.165) is 37.2 Å². The fourth-order valence-electron chi connectivity index (χ4n) is 3.76. The van der Waals surface area contributed by atoms with E-state index in [4.69, 9.17) is 4.74 Å². The summed E-state index contributed by atoms with van der Waals surface area (Å²) >= 11 is 0. The van der Waals surface area contributed by atoms with Gasteiger partial charge in [-0.25, -0.2) is 0 Å². The first-order chi connectivity index (χ1) is 11.1. The number of para-hydroxylation sites is 1. The van der Waals surface area contributed by atoms with Crippen molar-refractivity contribution in [3.63, 3.8) is 0 Å². The second-order valence-corrected chi connectivity index (χ2v) is 7.16. The Morgan fingerprint density at radius 1 is 1.09 bits per heavy atom. The third-order valence-electron chi connectivity index (χ3n) is 5.12. The molecule has 3 unspecified atom stereocenters. The van der Waals surface area contributed by atoms with Gasteiger partial charge in [0.05, 0.1) is 0 Å². The van der Waals surface area contributed by atoms with Gasteiger partial charge in [0, 0.05) is 13.1 Å². The smallest absolute Gasteiger partial charge is 0.263 e. The van der Waals surface area contributed by atoms with Crippen LogP contribution in [-0.2, 0) is 4.79 Å². The molecule has 23 heavy (non-hydrogen) atoms. The van der Waals surface area contributed by atoms with E-state index in [1.54, 1.807) is 0 Å². The highest BCUT2D eigenvalue weighted by molar-refractivity contribution is 5.81. The topological polar surface area (TPSA) is 29.5 Å². The number of hydrogen-bond donors (Lipinski definition) is 0. The number of nitrogens with zero attached hydrogens (tertiary/aromatic N) is 1. The molecule has 3 nitrogen and oxygen atoms in total. The van der Waals surface area contributed by atoms with Crippen LogP contribution in [0.15, 0.2) is 36.4 Å². The van der Waals surface area contributed by atoms with Crippen molar-refractivity contribution in [2.75, 3.05) is 13.1 Å². The van der Waals surface area contributed by atoms with E-state index in [1.165, 1.54) is 0 Å². The van der Waals surface area contributed by atoms with Gasteiger partial charge in [0.25, 0.3) is 5.91 Å². The molecule has 2 aliphatic rings. The Kier molecular flexibility index (Phi) is 4.74. The molecule has 0 aromatic heterocycles. The van der Waals surface area contributed by atoms with Gasteiger partial charge in [-0.3, -0.25) is 4.79 Å². The van der Waals surface area contributed by atoms with Crippen LogP contribution in [0.25, 0.3) is 0 Å². The minimum atomic E-state index is -0.428. The molecule has 0 bridgehead atoms. The summed E-state index contributed by atoms with van der Waals surface area (Å²) in [5.74, 6) is 2.62. The minimum Gasteiger partial charge on any atom is -0.481 e. The van der Waals surface area contributed by atoms with Crippen LogP contribution in [0.4, 0.5) is 0 Å². The summed E-state index contributed by atoms with van der Waals surface area (Å²) in [4.78, 5) is 14.8. The number of amides is 1. The molecule has 0 saturated carbocycles. The van der Waals surface area contributed by atoms with Gasteiger partial charge in [-0.15, -0.1) is 0 Å². The van der Waals surface area contributed by atoms with Crippen LogP contribution in [0.1, 0.15) is 45.1 Å². The molecule has 3 rings (SSSR count). The van der Waals surface area contributed by atoms with Gasteiger partial charge < -0.3 is 9.64 Å². The fourth-order valence-corrected chi connectivity index (χ4v) is 3.76. The Labute approximate surface area is 139 Å². The van der Waals surface area contributed by atoms with Crippen LogP contribution in [-0.4, -0.2) is 30.0 Å². The molecule has 3 heteroatoms. The maximum atomic E-state index is 12.8. The third kappa shape index (κ3) is 3.44.